The van der Waals surface area contributed by atoms with Crippen LogP contribution in [0.5, 0.6) is 5.75 Å². The van der Waals surface area contributed by atoms with E-state index in [4.69, 9.17) is 14.2 Å². The molecular weight excluding hydrogens is 470 g/mol. The Morgan fingerprint density at radius 2 is 1.89 bits per heavy atom. The summed E-state index contributed by atoms with van der Waals surface area (Å²) in [6, 6.07) is 7.58. The Bertz CT molecular complexity index is 1120. The second-order valence-corrected chi connectivity index (χ2v) is 12.5. The number of allylic oxidation sites excluding steroid dienone is 2. The van der Waals surface area contributed by atoms with Crippen LogP contribution >= 0.6 is 0 Å². The molecule has 1 saturated heterocycles. The molecule has 4 aliphatic carbocycles. The van der Waals surface area contributed by atoms with Crippen molar-refractivity contribution >= 4 is 5.57 Å². The van der Waals surface area contributed by atoms with E-state index in [-0.39, 0.29) is 27.6 Å². The molecule has 6 rings (SSSR count). The van der Waals surface area contributed by atoms with Crippen molar-refractivity contribution in [1.29, 1.82) is 0 Å². The molecule has 0 radical (unpaired) electrons. The molecule has 0 unspecified atom stereocenters. The summed E-state index contributed by atoms with van der Waals surface area (Å²) in [5.74, 6) is 1.29. The monoisotopic (exact) mass is 509 g/mol. The zero-order valence-electron chi connectivity index (χ0n) is 22.2. The Balaban J connectivity index is 1.33. The maximum absolute atomic E-state index is 11.8. The molecule has 7 nitrogen and oxygen atoms in total. The normalized spacial score (nSPS) is 40.5. The van der Waals surface area contributed by atoms with E-state index >= 15 is 0 Å². The highest BCUT2D eigenvalue weighted by atomic mass is 16.7. The van der Waals surface area contributed by atoms with Gasteiger partial charge >= 0.3 is 0 Å². The van der Waals surface area contributed by atoms with E-state index in [9.17, 15) is 15.2 Å². The maximum atomic E-state index is 11.8. The van der Waals surface area contributed by atoms with E-state index in [1.165, 1.54) is 11.8 Å². The average Bonchev–Trinajstić information content (AvgIpc) is 3.47. The average molecular weight is 510 g/mol. The van der Waals surface area contributed by atoms with Crippen LogP contribution in [0.4, 0.5) is 0 Å². The Morgan fingerprint density at radius 3 is 2.57 bits per heavy atom. The number of rotatable bonds is 4. The van der Waals surface area contributed by atoms with Crippen LogP contribution in [0.2, 0.25) is 0 Å². The number of aliphatic hydroxyl groups is 1. The van der Waals surface area contributed by atoms with Gasteiger partial charge in [0.2, 0.25) is 6.20 Å². The highest BCUT2D eigenvalue weighted by Gasteiger charge is 2.63. The fraction of sp³-hybridized carbons (Fsp3) is 0.667. The third-order valence-corrected chi connectivity index (χ3v) is 10.9. The van der Waals surface area contributed by atoms with Gasteiger partial charge in [0.15, 0.2) is 5.79 Å². The lowest BCUT2D eigenvalue weighted by atomic mass is 9.46. The zero-order valence-corrected chi connectivity index (χ0v) is 22.2. The van der Waals surface area contributed by atoms with Gasteiger partial charge in [-0.05, 0) is 84.3 Å². The minimum absolute atomic E-state index is 0.0278. The highest BCUT2D eigenvalue weighted by molar-refractivity contribution is 5.68. The molecule has 3 saturated carbocycles. The largest absolute Gasteiger partial charge is 0.497 e. The van der Waals surface area contributed by atoms with E-state index in [0.717, 1.165) is 55.4 Å². The Kier molecular flexibility index (Phi) is 6.05. The molecule has 1 aromatic carbocycles. The molecule has 7 heteroatoms. The summed E-state index contributed by atoms with van der Waals surface area (Å²) >= 11 is 0. The molecule has 1 aromatic rings. The van der Waals surface area contributed by atoms with Crippen molar-refractivity contribution in [3.63, 3.8) is 0 Å². The van der Waals surface area contributed by atoms with Gasteiger partial charge in [0.1, 0.15) is 5.75 Å². The number of hydrogen-bond acceptors (Lipinski definition) is 6. The van der Waals surface area contributed by atoms with Gasteiger partial charge < -0.3 is 19.3 Å². The Labute approximate surface area is 219 Å². The van der Waals surface area contributed by atoms with Crippen molar-refractivity contribution in [3.05, 3.63) is 57.8 Å². The molecule has 0 aromatic heterocycles. The second-order valence-electron chi connectivity index (χ2n) is 12.5. The van der Waals surface area contributed by atoms with Crippen LogP contribution in [0.25, 0.3) is 5.57 Å². The van der Waals surface area contributed by atoms with Gasteiger partial charge in [0.05, 0.1) is 31.4 Å². The van der Waals surface area contributed by atoms with E-state index in [1.54, 1.807) is 7.11 Å². The summed E-state index contributed by atoms with van der Waals surface area (Å²) in [5.41, 5.74) is 2.78. The SMILES string of the molecule is COc1ccc(/C(=C/[N+](=O)[O-])[C@H]2CC[C@H]3[C@@H]4CC=C5CC6(CC[C@]5(C)[C@H]4[C@@H](O)C[C@]23C)OCCO6)cc1. The predicted octanol–water partition coefficient (Wildman–Crippen LogP) is 5.61. The Morgan fingerprint density at radius 1 is 1.16 bits per heavy atom. The number of nitro groups is 1. The summed E-state index contributed by atoms with van der Waals surface area (Å²) < 4.78 is 17.4. The number of fused-ring (bicyclic) bond motifs is 5. The first-order valence-electron chi connectivity index (χ1n) is 13.8. The zero-order chi connectivity index (χ0) is 26.0. The summed E-state index contributed by atoms with van der Waals surface area (Å²) in [5, 5.41) is 23.6. The number of nitrogens with zero attached hydrogens (tertiary/aromatic N) is 1. The minimum atomic E-state index is -0.467. The molecule has 4 fully saturated rings. The molecule has 7 atom stereocenters. The highest BCUT2D eigenvalue weighted by Crippen LogP contribution is 2.68. The standard InChI is InChI=1S/C30H39NO6/c1-28-12-13-30(36-14-15-37-30)16-20(28)6-9-22-24-10-11-25(29(24,2)17-26(32)27(22)28)23(18-31(33)34)19-4-7-21(35-3)8-5-19/h4-8,18,22,24-27,32H,9-17H2,1-3H3/b23-18-/t22-,24-,25+,26-,27+,28-,29-/m0/s1. The smallest absolute Gasteiger partial charge is 0.238 e. The fourth-order valence-corrected chi connectivity index (χ4v) is 9.25. The van der Waals surface area contributed by atoms with Gasteiger partial charge in [-0.25, -0.2) is 0 Å². The lowest BCUT2D eigenvalue weighted by molar-refractivity contribution is -0.401. The van der Waals surface area contributed by atoms with E-state index in [0.29, 0.717) is 31.5 Å². The number of benzene rings is 1. The van der Waals surface area contributed by atoms with Gasteiger partial charge in [-0.2, -0.15) is 0 Å². The van der Waals surface area contributed by atoms with Crippen LogP contribution in [0.3, 0.4) is 0 Å². The van der Waals surface area contributed by atoms with E-state index in [1.807, 2.05) is 24.3 Å². The summed E-state index contributed by atoms with van der Waals surface area (Å²) in [7, 11) is 1.62. The van der Waals surface area contributed by atoms with Crippen molar-refractivity contribution < 1.29 is 24.2 Å². The quantitative estimate of drug-likeness (QED) is 0.323. The summed E-state index contributed by atoms with van der Waals surface area (Å²) in [4.78, 5) is 11.4. The topological polar surface area (TPSA) is 91.1 Å². The van der Waals surface area contributed by atoms with Gasteiger partial charge in [0.25, 0.3) is 0 Å². The molecular formula is C30H39NO6. The van der Waals surface area contributed by atoms with Crippen LogP contribution < -0.4 is 4.74 Å². The molecule has 1 N–H and O–H groups in total. The molecule has 5 aliphatic rings. The lowest BCUT2D eigenvalue weighted by Crippen LogP contribution is -2.57. The van der Waals surface area contributed by atoms with E-state index < -0.39 is 11.9 Å². The lowest BCUT2D eigenvalue weighted by Gasteiger charge is -2.60. The van der Waals surface area contributed by atoms with Crippen molar-refractivity contribution in [1.82, 2.24) is 0 Å². The van der Waals surface area contributed by atoms with Crippen molar-refractivity contribution in [3.8, 4) is 5.75 Å². The van der Waals surface area contributed by atoms with Crippen molar-refractivity contribution in [2.75, 3.05) is 20.3 Å². The molecule has 0 amide bonds. The third-order valence-electron chi connectivity index (χ3n) is 10.9. The van der Waals surface area contributed by atoms with Gasteiger partial charge in [-0.3, -0.25) is 10.1 Å². The maximum Gasteiger partial charge on any atom is 0.238 e. The van der Waals surface area contributed by atoms with Crippen LogP contribution in [0.15, 0.2) is 42.1 Å². The van der Waals surface area contributed by atoms with Crippen LogP contribution in [-0.2, 0) is 9.47 Å². The first-order chi connectivity index (χ1) is 17.7. The van der Waals surface area contributed by atoms with Gasteiger partial charge in [-0.1, -0.05) is 37.6 Å². The van der Waals surface area contributed by atoms with Gasteiger partial charge in [0, 0.05) is 18.4 Å². The molecule has 37 heavy (non-hydrogen) atoms. The first-order valence-corrected chi connectivity index (χ1v) is 13.8. The van der Waals surface area contributed by atoms with Crippen molar-refractivity contribution in [2.24, 2.45) is 34.5 Å². The van der Waals surface area contributed by atoms with Crippen LogP contribution in [0, 0.1) is 44.6 Å². The summed E-state index contributed by atoms with van der Waals surface area (Å²) in [6.07, 6.45) is 9.40. The van der Waals surface area contributed by atoms with Gasteiger partial charge in [-0.15, -0.1) is 0 Å². The van der Waals surface area contributed by atoms with Crippen molar-refractivity contribution in [2.45, 2.75) is 70.7 Å². The second kappa shape index (κ2) is 8.92. The third kappa shape index (κ3) is 3.88. The Hall–Kier alpha value is -2.22. The molecule has 200 valence electrons. The number of hydrogen-bond donors (Lipinski definition) is 1. The van der Waals surface area contributed by atoms with Crippen LogP contribution in [0.1, 0.15) is 64.4 Å². The number of methoxy groups -OCH3 is 1. The molecule has 1 aliphatic heterocycles. The number of aliphatic hydroxyl groups excluding tert-OH is 1. The molecule has 1 spiro atoms. The number of ether oxygens (including phenoxy) is 3. The van der Waals surface area contributed by atoms with Crippen LogP contribution in [-0.4, -0.2) is 42.2 Å². The molecule has 1 heterocycles. The predicted molar refractivity (Wildman–Crippen MR) is 139 cm³/mol. The van der Waals surface area contributed by atoms with E-state index in [2.05, 4.69) is 19.9 Å². The molecule has 0 bridgehead atoms. The summed E-state index contributed by atoms with van der Waals surface area (Å²) in [6.45, 7) is 5.96. The fourth-order valence-electron chi connectivity index (χ4n) is 9.25. The first kappa shape index (κ1) is 25.1. The minimum Gasteiger partial charge on any atom is -0.497 e.